The van der Waals surface area contributed by atoms with E-state index in [2.05, 4.69) is 4.84 Å². The van der Waals surface area contributed by atoms with E-state index in [9.17, 15) is 8.42 Å². The Morgan fingerprint density at radius 1 is 1.56 bits per heavy atom. The number of hydrogen-bond acceptors (Lipinski definition) is 3. The summed E-state index contributed by atoms with van der Waals surface area (Å²) in [6, 6.07) is 0. The number of nitrogens with one attached hydrogen (secondary N) is 1. The summed E-state index contributed by atoms with van der Waals surface area (Å²) in [5, 5.41) is 0. The fourth-order valence-corrected chi connectivity index (χ4v) is 0.964. The molecule has 0 heterocycles. The molecular formula is C3H8ClNO3S. The van der Waals surface area contributed by atoms with Crippen LogP contribution in [0.4, 0.5) is 0 Å². The Bertz CT molecular complexity index is 154. The molecule has 0 fully saturated rings. The average molecular weight is 174 g/mol. The molecule has 0 spiro atoms. The smallest absolute Gasteiger partial charge is 0.264 e. The Morgan fingerprint density at radius 3 is 2.44 bits per heavy atom. The standard InChI is InChI=1S/C3H8ClNO3S/c4-5-2-1-3-9(6,7)8/h5H,1-3H2,(H,6,7,8). The fourth-order valence-electron chi connectivity index (χ4n) is 0.321. The number of hydrogen-bond donors (Lipinski definition) is 2. The Labute approximate surface area is 59.1 Å². The topological polar surface area (TPSA) is 66.4 Å². The quantitative estimate of drug-likeness (QED) is 0.357. The molecule has 2 N–H and O–H groups in total. The van der Waals surface area contributed by atoms with Gasteiger partial charge in [-0.05, 0) is 18.2 Å². The van der Waals surface area contributed by atoms with E-state index in [0.717, 1.165) is 0 Å². The van der Waals surface area contributed by atoms with Crippen LogP contribution in [0.15, 0.2) is 0 Å². The molecule has 0 saturated carbocycles. The zero-order valence-electron chi connectivity index (χ0n) is 4.67. The van der Waals surface area contributed by atoms with Crippen molar-refractivity contribution in [1.82, 2.24) is 4.84 Å². The molecule has 0 aromatic rings. The first kappa shape index (κ1) is 9.16. The predicted molar refractivity (Wildman–Crippen MR) is 34.9 cm³/mol. The van der Waals surface area contributed by atoms with Crippen LogP contribution >= 0.6 is 11.8 Å². The van der Waals surface area contributed by atoms with Crippen molar-refractivity contribution in [1.29, 1.82) is 0 Å². The Balaban J connectivity index is 3.30. The fraction of sp³-hybridized carbons (Fsp3) is 1.00. The molecule has 56 valence electrons. The van der Waals surface area contributed by atoms with Crippen LogP contribution in [0.25, 0.3) is 0 Å². The maximum Gasteiger partial charge on any atom is 0.264 e. The first-order valence-electron chi connectivity index (χ1n) is 2.35. The highest BCUT2D eigenvalue weighted by Gasteiger charge is 2.01. The van der Waals surface area contributed by atoms with Crippen molar-refractivity contribution in [2.45, 2.75) is 6.42 Å². The predicted octanol–water partition coefficient (Wildman–Crippen LogP) is 0.00770. The first-order chi connectivity index (χ1) is 4.06. The van der Waals surface area contributed by atoms with Gasteiger partial charge in [-0.1, -0.05) is 0 Å². The lowest BCUT2D eigenvalue weighted by Gasteiger charge is -1.93. The maximum absolute atomic E-state index is 9.99. The molecule has 0 aromatic heterocycles. The molecule has 4 nitrogen and oxygen atoms in total. The van der Waals surface area contributed by atoms with Crippen molar-refractivity contribution in [2.75, 3.05) is 12.3 Å². The number of halogens is 1. The van der Waals surface area contributed by atoms with Gasteiger partial charge >= 0.3 is 0 Å². The van der Waals surface area contributed by atoms with Gasteiger partial charge in [-0.15, -0.1) is 0 Å². The van der Waals surface area contributed by atoms with Gasteiger partial charge in [0.1, 0.15) is 0 Å². The van der Waals surface area contributed by atoms with Crippen LogP contribution in [0.5, 0.6) is 0 Å². The van der Waals surface area contributed by atoms with Crippen LogP contribution in [-0.2, 0) is 10.1 Å². The molecule has 6 heteroatoms. The summed E-state index contributed by atoms with van der Waals surface area (Å²) in [4.78, 5) is 2.24. The Kier molecular flexibility index (Phi) is 4.12. The molecule has 0 rings (SSSR count). The summed E-state index contributed by atoms with van der Waals surface area (Å²) in [5.74, 6) is -0.243. The largest absolute Gasteiger partial charge is 0.286 e. The monoisotopic (exact) mass is 173 g/mol. The Hall–Kier alpha value is 0.160. The normalized spacial score (nSPS) is 11.8. The minimum absolute atomic E-state index is 0.243. The van der Waals surface area contributed by atoms with Gasteiger partial charge in [0, 0.05) is 6.54 Å². The van der Waals surface area contributed by atoms with Crippen LogP contribution in [0, 0.1) is 0 Å². The van der Waals surface area contributed by atoms with E-state index in [4.69, 9.17) is 16.3 Å². The van der Waals surface area contributed by atoms with Gasteiger partial charge in [-0.25, -0.2) is 4.84 Å². The Morgan fingerprint density at radius 2 is 2.11 bits per heavy atom. The highest BCUT2D eigenvalue weighted by Crippen LogP contribution is 1.85. The lowest BCUT2D eigenvalue weighted by Crippen LogP contribution is -2.10. The molecule has 0 radical (unpaired) electrons. The molecule has 0 aliphatic carbocycles. The van der Waals surface area contributed by atoms with Gasteiger partial charge in [0.15, 0.2) is 0 Å². The van der Waals surface area contributed by atoms with Crippen molar-refractivity contribution in [3.8, 4) is 0 Å². The van der Waals surface area contributed by atoms with Gasteiger partial charge in [0.25, 0.3) is 10.1 Å². The molecule has 0 aliphatic heterocycles. The minimum atomic E-state index is -3.80. The van der Waals surface area contributed by atoms with Crippen LogP contribution in [0.2, 0.25) is 0 Å². The molecule has 0 bridgehead atoms. The number of rotatable bonds is 4. The van der Waals surface area contributed by atoms with Crippen LogP contribution in [-0.4, -0.2) is 25.3 Å². The van der Waals surface area contributed by atoms with Crippen LogP contribution < -0.4 is 4.84 Å². The van der Waals surface area contributed by atoms with E-state index in [-0.39, 0.29) is 5.75 Å². The maximum atomic E-state index is 9.99. The van der Waals surface area contributed by atoms with Crippen LogP contribution in [0.3, 0.4) is 0 Å². The second-order valence-corrected chi connectivity index (χ2v) is 3.36. The van der Waals surface area contributed by atoms with E-state index in [1.807, 2.05) is 0 Å². The molecule has 0 unspecified atom stereocenters. The van der Waals surface area contributed by atoms with E-state index in [1.165, 1.54) is 0 Å². The van der Waals surface area contributed by atoms with Gasteiger partial charge < -0.3 is 0 Å². The molecule has 0 aromatic carbocycles. The van der Waals surface area contributed by atoms with Crippen molar-refractivity contribution >= 4 is 21.9 Å². The summed E-state index contributed by atoms with van der Waals surface area (Å²) in [6.07, 6.45) is 0.322. The molecule has 0 saturated heterocycles. The molecular weight excluding hydrogens is 166 g/mol. The lowest BCUT2D eigenvalue weighted by atomic mass is 10.5. The lowest BCUT2D eigenvalue weighted by molar-refractivity contribution is 0.481. The van der Waals surface area contributed by atoms with E-state index < -0.39 is 10.1 Å². The SMILES string of the molecule is O=S(=O)(O)CCCNCl. The third kappa shape index (κ3) is 8.16. The van der Waals surface area contributed by atoms with Crippen molar-refractivity contribution in [2.24, 2.45) is 0 Å². The summed E-state index contributed by atoms with van der Waals surface area (Å²) in [7, 11) is -3.80. The molecule has 9 heavy (non-hydrogen) atoms. The van der Waals surface area contributed by atoms with Crippen molar-refractivity contribution in [3.05, 3.63) is 0 Å². The minimum Gasteiger partial charge on any atom is -0.286 e. The second-order valence-electron chi connectivity index (χ2n) is 1.52. The summed E-state index contributed by atoms with van der Waals surface area (Å²) >= 11 is 5.00. The zero-order valence-corrected chi connectivity index (χ0v) is 6.24. The van der Waals surface area contributed by atoms with Crippen molar-refractivity contribution in [3.63, 3.8) is 0 Å². The summed E-state index contributed by atoms with van der Waals surface area (Å²) in [5.41, 5.74) is 0. The van der Waals surface area contributed by atoms with Gasteiger partial charge in [-0.3, -0.25) is 4.55 Å². The van der Waals surface area contributed by atoms with Gasteiger partial charge in [-0.2, -0.15) is 8.42 Å². The molecule has 0 amide bonds. The third-order valence-electron chi connectivity index (χ3n) is 0.674. The second kappa shape index (κ2) is 4.05. The zero-order chi connectivity index (χ0) is 7.33. The van der Waals surface area contributed by atoms with E-state index in [1.54, 1.807) is 0 Å². The first-order valence-corrected chi connectivity index (χ1v) is 4.33. The molecule has 0 atom stereocenters. The van der Waals surface area contributed by atoms with E-state index >= 15 is 0 Å². The van der Waals surface area contributed by atoms with Crippen molar-refractivity contribution < 1.29 is 13.0 Å². The summed E-state index contributed by atoms with van der Waals surface area (Å²) < 4.78 is 28.1. The van der Waals surface area contributed by atoms with Gasteiger partial charge in [0.2, 0.25) is 0 Å². The molecule has 0 aliphatic rings. The van der Waals surface area contributed by atoms with Gasteiger partial charge in [0.05, 0.1) is 5.75 Å². The highest BCUT2D eigenvalue weighted by molar-refractivity contribution is 7.85. The summed E-state index contributed by atoms with van der Waals surface area (Å²) in [6.45, 7) is 0.376. The van der Waals surface area contributed by atoms with E-state index in [0.29, 0.717) is 13.0 Å². The van der Waals surface area contributed by atoms with Crippen LogP contribution in [0.1, 0.15) is 6.42 Å². The average Bonchev–Trinajstić information content (AvgIpc) is 1.63. The highest BCUT2D eigenvalue weighted by atomic mass is 35.5. The third-order valence-corrected chi connectivity index (χ3v) is 1.67.